The van der Waals surface area contributed by atoms with Crippen molar-refractivity contribution in [3.05, 3.63) is 48.5 Å². The molecule has 0 spiro atoms. The van der Waals surface area contributed by atoms with Gasteiger partial charge in [0.15, 0.2) is 0 Å². The molecule has 0 bridgehead atoms. The van der Waals surface area contributed by atoms with Gasteiger partial charge in [-0.15, -0.1) is 0 Å². The van der Waals surface area contributed by atoms with Crippen molar-refractivity contribution in [1.29, 1.82) is 0 Å². The Morgan fingerprint density at radius 3 is 2.17 bits per heavy atom. The highest BCUT2D eigenvalue weighted by Gasteiger charge is 2.17. The Balaban J connectivity index is 1.93. The van der Waals surface area contributed by atoms with Crippen molar-refractivity contribution in [1.82, 2.24) is 4.57 Å². The van der Waals surface area contributed by atoms with E-state index in [-0.39, 0.29) is 0 Å². The van der Waals surface area contributed by atoms with Crippen LogP contribution in [0.4, 0.5) is 0 Å². The summed E-state index contributed by atoms with van der Waals surface area (Å²) < 4.78 is 4.85. The van der Waals surface area contributed by atoms with Crippen molar-refractivity contribution in [2.45, 2.75) is 84.6 Å². The SMILES string of the molecule is CCCCCCCCC[n+]1ccn(-c2ccccc2)c1CCCC. The molecule has 24 heavy (non-hydrogen) atoms. The van der Waals surface area contributed by atoms with Crippen LogP contribution in [0.3, 0.4) is 0 Å². The van der Waals surface area contributed by atoms with Crippen LogP contribution in [0.15, 0.2) is 42.7 Å². The molecule has 1 heterocycles. The van der Waals surface area contributed by atoms with Gasteiger partial charge in [0.2, 0.25) is 0 Å². The number of para-hydroxylation sites is 1. The zero-order chi connectivity index (χ0) is 17.0. The number of aryl methyl sites for hydroxylation is 1. The summed E-state index contributed by atoms with van der Waals surface area (Å²) in [6.07, 6.45) is 17.8. The molecule has 2 aromatic rings. The molecule has 2 nitrogen and oxygen atoms in total. The first-order valence-electron chi connectivity index (χ1n) is 10.0. The first kappa shape index (κ1) is 18.8. The summed E-state index contributed by atoms with van der Waals surface area (Å²) in [4.78, 5) is 0. The molecule has 0 aliphatic heterocycles. The molecule has 0 aliphatic rings. The lowest BCUT2D eigenvalue weighted by atomic mass is 10.1. The molecule has 0 radical (unpaired) electrons. The van der Waals surface area contributed by atoms with E-state index in [4.69, 9.17) is 0 Å². The average molecular weight is 328 g/mol. The molecule has 2 heteroatoms. The van der Waals surface area contributed by atoms with Crippen LogP contribution in [0.2, 0.25) is 0 Å². The van der Waals surface area contributed by atoms with E-state index in [9.17, 15) is 0 Å². The summed E-state index contributed by atoms with van der Waals surface area (Å²) in [5.74, 6) is 1.45. The van der Waals surface area contributed by atoms with Crippen molar-refractivity contribution in [2.75, 3.05) is 0 Å². The molecule has 0 saturated carbocycles. The van der Waals surface area contributed by atoms with Gasteiger partial charge >= 0.3 is 0 Å². The standard InChI is InChI=1S/C22H35N2/c1-3-5-7-8-9-10-14-18-23-19-20-24(22(23)17-6-4-2)21-15-12-11-13-16-21/h11-13,15-16,19-20H,3-10,14,17-18H2,1-2H3/q+1. The molecule has 0 aliphatic carbocycles. The minimum atomic E-state index is 1.16. The Morgan fingerprint density at radius 1 is 0.792 bits per heavy atom. The van der Waals surface area contributed by atoms with Crippen molar-refractivity contribution in [2.24, 2.45) is 0 Å². The number of imidazole rings is 1. The molecule has 1 aromatic carbocycles. The zero-order valence-electron chi connectivity index (χ0n) is 15.7. The van der Waals surface area contributed by atoms with Crippen molar-refractivity contribution < 1.29 is 4.57 Å². The molecule has 132 valence electrons. The second kappa shape index (κ2) is 11.1. The first-order valence-corrected chi connectivity index (χ1v) is 10.0. The van der Waals surface area contributed by atoms with Crippen LogP contribution in [0, 0.1) is 0 Å². The molecule has 0 saturated heterocycles. The van der Waals surface area contributed by atoms with Gasteiger partial charge in [-0.3, -0.25) is 0 Å². The summed E-state index contributed by atoms with van der Waals surface area (Å²) in [6, 6.07) is 10.7. The molecule has 0 fully saturated rings. The van der Waals surface area contributed by atoms with E-state index < -0.39 is 0 Å². The van der Waals surface area contributed by atoms with E-state index in [0.29, 0.717) is 0 Å². The van der Waals surface area contributed by atoms with Gasteiger partial charge in [0.1, 0.15) is 18.1 Å². The maximum absolute atomic E-state index is 2.48. The minimum Gasteiger partial charge on any atom is -0.234 e. The summed E-state index contributed by atoms with van der Waals surface area (Å²) in [5, 5.41) is 0. The van der Waals surface area contributed by atoms with Crippen LogP contribution in [-0.4, -0.2) is 4.57 Å². The molecule has 0 N–H and O–H groups in total. The van der Waals surface area contributed by atoms with Gasteiger partial charge in [-0.05, 0) is 31.4 Å². The van der Waals surface area contributed by atoms with Crippen molar-refractivity contribution in [3.63, 3.8) is 0 Å². The number of hydrogen-bond acceptors (Lipinski definition) is 0. The Kier molecular flexibility index (Phi) is 8.65. The molecular weight excluding hydrogens is 292 g/mol. The first-order chi connectivity index (χ1) is 11.9. The second-order valence-corrected chi connectivity index (χ2v) is 6.84. The number of hydrogen-bond donors (Lipinski definition) is 0. The monoisotopic (exact) mass is 327 g/mol. The summed E-state index contributed by atoms with van der Waals surface area (Å²) in [5.41, 5.74) is 1.28. The number of rotatable bonds is 12. The Bertz CT molecular complexity index is 557. The topological polar surface area (TPSA) is 8.81 Å². The molecule has 0 amide bonds. The summed E-state index contributed by atoms with van der Waals surface area (Å²) in [7, 11) is 0. The normalized spacial score (nSPS) is 11.1. The lowest BCUT2D eigenvalue weighted by Gasteiger charge is -2.05. The Labute approximate surface area is 148 Å². The Morgan fingerprint density at radius 2 is 1.46 bits per heavy atom. The van der Waals surface area contributed by atoms with Crippen LogP contribution in [0.25, 0.3) is 5.69 Å². The van der Waals surface area contributed by atoms with Crippen LogP contribution in [0.5, 0.6) is 0 Å². The van der Waals surface area contributed by atoms with Crippen LogP contribution in [-0.2, 0) is 13.0 Å². The van der Waals surface area contributed by atoms with Gasteiger partial charge in [0.25, 0.3) is 5.82 Å². The highest BCUT2D eigenvalue weighted by Crippen LogP contribution is 2.12. The maximum atomic E-state index is 2.48. The van der Waals surface area contributed by atoms with E-state index >= 15 is 0 Å². The number of nitrogens with zero attached hydrogens (tertiary/aromatic N) is 2. The van der Waals surface area contributed by atoms with Crippen LogP contribution in [0.1, 0.15) is 77.5 Å². The third-order valence-electron chi connectivity index (χ3n) is 4.80. The number of unbranched alkanes of at least 4 members (excludes halogenated alkanes) is 7. The third kappa shape index (κ3) is 5.81. The van der Waals surface area contributed by atoms with Gasteiger partial charge in [-0.1, -0.05) is 70.6 Å². The smallest absolute Gasteiger partial charge is 0.234 e. The van der Waals surface area contributed by atoms with Crippen molar-refractivity contribution >= 4 is 0 Å². The van der Waals surface area contributed by atoms with Crippen LogP contribution < -0.4 is 4.57 Å². The van der Waals surface area contributed by atoms with E-state index in [1.54, 1.807) is 0 Å². The average Bonchev–Trinajstić information content (AvgIpc) is 3.02. The highest BCUT2D eigenvalue weighted by molar-refractivity contribution is 5.31. The van der Waals surface area contributed by atoms with E-state index in [1.807, 2.05) is 0 Å². The molecule has 2 rings (SSSR count). The van der Waals surface area contributed by atoms with Gasteiger partial charge in [-0.2, -0.15) is 4.57 Å². The van der Waals surface area contributed by atoms with Gasteiger partial charge < -0.3 is 0 Å². The zero-order valence-corrected chi connectivity index (χ0v) is 15.7. The fourth-order valence-electron chi connectivity index (χ4n) is 3.32. The molecular formula is C22H35N2+. The molecule has 1 aromatic heterocycles. The minimum absolute atomic E-state index is 1.16. The van der Waals surface area contributed by atoms with E-state index in [1.165, 1.54) is 69.3 Å². The third-order valence-corrected chi connectivity index (χ3v) is 4.80. The fourth-order valence-corrected chi connectivity index (χ4v) is 3.32. The fraction of sp³-hybridized carbons (Fsp3) is 0.591. The molecule has 0 unspecified atom stereocenters. The predicted octanol–water partition coefficient (Wildman–Crippen LogP) is 5.86. The molecule has 0 atom stereocenters. The number of benzene rings is 1. The summed E-state index contributed by atoms with van der Waals surface area (Å²) >= 11 is 0. The quantitative estimate of drug-likeness (QED) is 0.341. The predicted molar refractivity (Wildman–Crippen MR) is 103 cm³/mol. The second-order valence-electron chi connectivity index (χ2n) is 6.84. The van der Waals surface area contributed by atoms with Gasteiger partial charge in [0, 0.05) is 6.42 Å². The van der Waals surface area contributed by atoms with Crippen molar-refractivity contribution in [3.8, 4) is 5.69 Å². The highest BCUT2D eigenvalue weighted by atomic mass is 15.1. The van der Waals surface area contributed by atoms with E-state index in [2.05, 4.69) is 65.7 Å². The van der Waals surface area contributed by atoms with Gasteiger partial charge in [-0.25, -0.2) is 4.57 Å². The lowest BCUT2D eigenvalue weighted by Crippen LogP contribution is -2.37. The lowest BCUT2D eigenvalue weighted by molar-refractivity contribution is -0.704. The van der Waals surface area contributed by atoms with E-state index in [0.717, 1.165) is 13.0 Å². The maximum Gasteiger partial charge on any atom is 0.261 e. The summed E-state index contributed by atoms with van der Waals surface area (Å²) in [6.45, 7) is 5.72. The van der Waals surface area contributed by atoms with Crippen LogP contribution >= 0.6 is 0 Å². The number of aromatic nitrogens is 2. The largest absolute Gasteiger partial charge is 0.261 e. The van der Waals surface area contributed by atoms with Gasteiger partial charge in [0.05, 0.1) is 6.54 Å². The Hall–Kier alpha value is -1.57.